The molecule has 1 aromatic heterocycles. The normalized spacial score (nSPS) is 11.6. The summed E-state index contributed by atoms with van der Waals surface area (Å²) in [7, 11) is 0. The Bertz CT molecular complexity index is 240. The number of hydrogen-bond acceptors (Lipinski definition) is 3. The van der Waals surface area contributed by atoms with Gasteiger partial charge < -0.3 is 10.2 Å². The highest BCUT2D eigenvalue weighted by molar-refractivity contribution is 5.09. The van der Waals surface area contributed by atoms with E-state index in [-0.39, 0.29) is 5.69 Å². The van der Waals surface area contributed by atoms with Crippen molar-refractivity contribution in [3.8, 4) is 0 Å². The number of halogens is 1. The molecule has 0 spiro atoms. The SMILES string of the molecule is CC(O)(O)c1ccc(F)cn1. The molecule has 0 radical (unpaired) electrons. The Hall–Kier alpha value is -1.00. The van der Waals surface area contributed by atoms with Gasteiger partial charge in [0.15, 0.2) is 0 Å². The molecule has 1 heterocycles. The molecule has 0 saturated carbocycles. The van der Waals surface area contributed by atoms with Crippen molar-refractivity contribution < 1.29 is 14.6 Å². The number of hydrogen-bond donors (Lipinski definition) is 2. The van der Waals surface area contributed by atoms with Gasteiger partial charge in [-0.05, 0) is 19.1 Å². The molecule has 0 amide bonds. The van der Waals surface area contributed by atoms with Crippen molar-refractivity contribution in [1.82, 2.24) is 4.98 Å². The van der Waals surface area contributed by atoms with Crippen LogP contribution in [0.3, 0.4) is 0 Å². The molecule has 0 aliphatic heterocycles. The lowest BCUT2D eigenvalue weighted by atomic mass is 10.2. The molecule has 0 unspecified atom stereocenters. The quantitative estimate of drug-likeness (QED) is 0.579. The molecule has 4 heteroatoms. The van der Waals surface area contributed by atoms with Gasteiger partial charge in [0, 0.05) is 0 Å². The van der Waals surface area contributed by atoms with Crippen molar-refractivity contribution in [3.05, 3.63) is 29.8 Å². The maximum absolute atomic E-state index is 12.2. The van der Waals surface area contributed by atoms with Gasteiger partial charge >= 0.3 is 0 Å². The van der Waals surface area contributed by atoms with Gasteiger partial charge in [0.1, 0.15) is 5.82 Å². The van der Waals surface area contributed by atoms with Crippen LogP contribution in [0.4, 0.5) is 4.39 Å². The number of rotatable bonds is 1. The summed E-state index contributed by atoms with van der Waals surface area (Å²) in [5.41, 5.74) is 0.0268. The van der Waals surface area contributed by atoms with E-state index < -0.39 is 11.6 Å². The fraction of sp³-hybridized carbons (Fsp3) is 0.286. The molecule has 0 fully saturated rings. The average molecular weight is 157 g/mol. The third kappa shape index (κ3) is 1.96. The minimum absolute atomic E-state index is 0.0268. The lowest BCUT2D eigenvalue weighted by molar-refractivity contribution is -0.155. The standard InChI is InChI=1S/C7H8FNO2/c1-7(10,11)6-3-2-5(8)4-9-6/h2-4,10-11H,1H3. The molecule has 2 N–H and O–H groups in total. The second-order valence-electron chi connectivity index (χ2n) is 2.38. The molecule has 60 valence electrons. The molecule has 0 aromatic carbocycles. The molecule has 1 aromatic rings. The highest BCUT2D eigenvalue weighted by Crippen LogP contribution is 2.13. The number of aliphatic hydroxyl groups is 2. The second-order valence-corrected chi connectivity index (χ2v) is 2.38. The van der Waals surface area contributed by atoms with Crippen LogP contribution < -0.4 is 0 Å². The van der Waals surface area contributed by atoms with Crippen LogP contribution in [0.1, 0.15) is 12.6 Å². The first-order chi connectivity index (χ1) is 5.00. The van der Waals surface area contributed by atoms with Crippen molar-refractivity contribution in [1.29, 1.82) is 0 Å². The predicted molar refractivity (Wildman–Crippen MR) is 36.0 cm³/mol. The summed E-state index contributed by atoms with van der Waals surface area (Å²) >= 11 is 0. The van der Waals surface area contributed by atoms with E-state index in [0.29, 0.717) is 0 Å². The van der Waals surface area contributed by atoms with Crippen LogP contribution in [0.2, 0.25) is 0 Å². The molecular weight excluding hydrogens is 149 g/mol. The van der Waals surface area contributed by atoms with Gasteiger partial charge in [0.05, 0.1) is 11.9 Å². The van der Waals surface area contributed by atoms with E-state index in [2.05, 4.69) is 4.98 Å². The van der Waals surface area contributed by atoms with Crippen LogP contribution in [-0.4, -0.2) is 15.2 Å². The van der Waals surface area contributed by atoms with Crippen LogP contribution in [0, 0.1) is 5.82 Å². The van der Waals surface area contributed by atoms with E-state index >= 15 is 0 Å². The first kappa shape index (κ1) is 8.10. The fourth-order valence-electron chi connectivity index (χ4n) is 0.656. The topological polar surface area (TPSA) is 53.4 Å². The highest BCUT2D eigenvalue weighted by Gasteiger charge is 2.19. The van der Waals surface area contributed by atoms with Gasteiger partial charge in [-0.3, -0.25) is 4.98 Å². The molecule has 0 bridgehead atoms. The van der Waals surface area contributed by atoms with Crippen LogP contribution >= 0.6 is 0 Å². The maximum atomic E-state index is 12.2. The molecule has 0 atom stereocenters. The smallest absolute Gasteiger partial charge is 0.204 e. The summed E-state index contributed by atoms with van der Waals surface area (Å²) in [5, 5.41) is 17.9. The van der Waals surface area contributed by atoms with Crippen molar-refractivity contribution in [3.63, 3.8) is 0 Å². The fourth-order valence-corrected chi connectivity index (χ4v) is 0.656. The van der Waals surface area contributed by atoms with Crippen molar-refractivity contribution >= 4 is 0 Å². The van der Waals surface area contributed by atoms with Gasteiger partial charge in [-0.25, -0.2) is 4.39 Å². The Kier molecular flexibility index (Phi) is 1.89. The molecule has 11 heavy (non-hydrogen) atoms. The molecule has 3 nitrogen and oxygen atoms in total. The van der Waals surface area contributed by atoms with Gasteiger partial charge in [-0.15, -0.1) is 0 Å². The molecule has 0 aliphatic carbocycles. The zero-order valence-electron chi connectivity index (χ0n) is 5.95. The third-order valence-electron chi connectivity index (χ3n) is 1.21. The van der Waals surface area contributed by atoms with Crippen molar-refractivity contribution in [2.45, 2.75) is 12.7 Å². The van der Waals surface area contributed by atoms with Crippen LogP contribution in [0.15, 0.2) is 18.3 Å². The lowest BCUT2D eigenvalue weighted by Gasteiger charge is -2.13. The third-order valence-corrected chi connectivity index (χ3v) is 1.21. The monoisotopic (exact) mass is 157 g/mol. The Morgan fingerprint density at radius 2 is 2.09 bits per heavy atom. The number of pyridine rings is 1. The minimum Gasteiger partial charge on any atom is -0.361 e. The maximum Gasteiger partial charge on any atom is 0.204 e. The summed E-state index contributed by atoms with van der Waals surface area (Å²) in [6, 6.07) is 2.34. The Balaban J connectivity index is 2.99. The summed E-state index contributed by atoms with van der Waals surface area (Å²) in [6.07, 6.45) is 0.931. The van der Waals surface area contributed by atoms with Gasteiger partial charge in [0.2, 0.25) is 5.79 Å². The molecular formula is C7H8FNO2. The Morgan fingerprint density at radius 3 is 2.45 bits per heavy atom. The van der Waals surface area contributed by atoms with Gasteiger partial charge in [-0.1, -0.05) is 0 Å². The van der Waals surface area contributed by atoms with Crippen molar-refractivity contribution in [2.75, 3.05) is 0 Å². The van der Waals surface area contributed by atoms with E-state index in [4.69, 9.17) is 10.2 Å². The molecule has 1 rings (SSSR count). The molecule has 0 aliphatic rings. The van der Waals surface area contributed by atoms with Gasteiger partial charge in [-0.2, -0.15) is 0 Å². The van der Waals surface area contributed by atoms with Crippen molar-refractivity contribution in [2.24, 2.45) is 0 Å². The van der Waals surface area contributed by atoms with E-state index in [1.807, 2.05) is 0 Å². The second kappa shape index (κ2) is 2.56. The first-order valence-electron chi connectivity index (χ1n) is 3.07. The van der Waals surface area contributed by atoms with Gasteiger partial charge in [0.25, 0.3) is 0 Å². The number of nitrogens with zero attached hydrogens (tertiary/aromatic N) is 1. The van der Waals surface area contributed by atoms with Crippen LogP contribution in [0.25, 0.3) is 0 Å². The van der Waals surface area contributed by atoms with Crippen LogP contribution in [-0.2, 0) is 5.79 Å². The zero-order chi connectivity index (χ0) is 8.48. The average Bonchev–Trinajstić information content (AvgIpc) is 1.86. The summed E-state index contributed by atoms with van der Waals surface area (Å²) in [6.45, 7) is 1.16. The molecule has 0 saturated heterocycles. The predicted octanol–water partition coefficient (Wildman–Crippen LogP) is 0.378. The van der Waals surface area contributed by atoms with E-state index in [0.717, 1.165) is 19.2 Å². The summed E-state index contributed by atoms with van der Waals surface area (Å²) in [5.74, 6) is -2.49. The minimum atomic E-state index is -1.99. The number of aromatic nitrogens is 1. The highest BCUT2D eigenvalue weighted by atomic mass is 19.1. The first-order valence-corrected chi connectivity index (χ1v) is 3.07. The van der Waals surface area contributed by atoms with Crippen LogP contribution in [0.5, 0.6) is 0 Å². The zero-order valence-corrected chi connectivity index (χ0v) is 5.95. The summed E-state index contributed by atoms with van der Waals surface area (Å²) < 4.78 is 12.2. The van der Waals surface area contributed by atoms with E-state index in [1.54, 1.807) is 0 Å². The van der Waals surface area contributed by atoms with E-state index in [9.17, 15) is 4.39 Å². The Labute approximate surface area is 63.1 Å². The van der Waals surface area contributed by atoms with E-state index in [1.165, 1.54) is 6.07 Å². The summed E-state index contributed by atoms with van der Waals surface area (Å²) in [4.78, 5) is 3.47. The largest absolute Gasteiger partial charge is 0.361 e. The lowest BCUT2D eigenvalue weighted by Crippen LogP contribution is -2.21. The Morgan fingerprint density at radius 1 is 1.45 bits per heavy atom.